The second kappa shape index (κ2) is 6.23. The fourth-order valence-corrected chi connectivity index (χ4v) is 3.65. The van der Waals surface area contributed by atoms with Crippen LogP contribution in [0.1, 0.15) is 63.6 Å². The minimum absolute atomic E-state index is 0.235. The Hall–Kier alpha value is -0.930. The summed E-state index contributed by atoms with van der Waals surface area (Å²) in [5.41, 5.74) is 1.34. The number of nitrogens with zero attached hydrogens (tertiary/aromatic N) is 1. The average Bonchev–Trinajstić information content (AvgIpc) is 2.89. The number of hydrogen-bond donors (Lipinski definition) is 1. The fraction of sp³-hybridized carbons (Fsp3) is 0.706. The molecule has 1 aliphatic carbocycles. The molecule has 3 nitrogen and oxygen atoms in total. The first kappa shape index (κ1) is 14.0. The molecule has 3 rings (SSSR count). The Morgan fingerprint density at radius 3 is 2.90 bits per heavy atom. The van der Waals surface area contributed by atoms with Gasteiger partial charge in [0.25, 0.3) is 0 Å². The Morgan fingerprint density at radius 2 is 2.15 bits per heavy atom. The molecule has 1 aromatic rings. The van der Waals surface area contributed by atoms with Crippen molar-refractivity contribution in [3.63, 3.8) is 0 Å². The molecule has 1 unspecified atom stereocenters. The van der Waals surface area contributed by atoms with Gasteiger partial charge in [0, 0.05) is 18.8 Å². The van der Waals surface area contributed by atoms with Gasteiger partial charge in [-0.1, -0.05) is 25.3 Å². The first-order valence-electron chi connectivity index (χ1n) is 8.10. The molecule has 1 aromatic heterocycles. The Bertz CT molecular complexity index is 414. The van der Waals surface area contributed by atoms with Crippen molar-refractivity contribution in [1.82, 2.24) is 10.3 Å². The van der Waals surface area contributed by atoms with E-state index in [2.05, 4.69) is 23.3 Å². The van der Waals surface area contributed by atoms with E-state index in [9.17, 15) is 0 Å². The summed E-state index contributed by atoms with van der Waals surface area (Å²) in [6.45, 7) is 3.12. The minimum Gasteiger partial charge on any atom is -0.370 e. The van der Waals surface area contributed by atoms with Crippen molar-refractivity contribution in [3.05, 3.63) is 30.1 Å². The summed E-state index contributed by atoms with van der Waals surface area (Å²) in [6, 6.07) is 6.38. The topological polar surface area (TPSA) is 34.1 Å². The summed E-state index contributed by atoms with van der Waals surface area (Å²) in [5.74, 6) is 0. The van der Waals surface area contributed by atoms with Gasteiger partial charge in [-0.15, -0.1) is 0 Å². The van der Waals surface area contributed by atoms with Crippen LogP contribution in [0.15, 0.2) is 24.4 Å². The van der Waals surface area contributed by atoms with Crippen LogP contribution in [0.5, 0.6) is 0 Å². The van der Waals surface area contributed by atoms with E-state index in [1.54, 1.807) is 0 Å². The van der Waals surface area contributed by atoms with Crippen LogP contribution in [-0.2, 0) is 4.74 Å². The maximum atomic E-state index is 6.39. The lowest BCUT2D eigenvalue weighted by molar-refractivity contribution is -0.0628. The number of ether oxygens (including phenoxy) is 1. The monoisotopic (exact) mass is 274 g/mol. The van der Waals surface area contributed by atoms with Crippen molar-refractivity contribution in [2.24, 2.45) is 0 Å². The molecule has 3 heteroatoms. The van der Waals surface area contributed by atoms with Crippen molar-refractivity contribution in [2.75, 3.05) is 6.54 Å². The number of pyridine rings is 1. The standard InChI is InChI=1S/C17H26N2O/c1-14(16-7-3-6-12-18-16)19-13-15-8-11-17(20-15)9-4-2-5-10-17/h3,6-7,12,14-15,19H,2,4-5,8-11,13H2,1H3/t14-,15?/m1/s1. The molecule has 0 amide bonds. The Labute approximate surface area is 122 Å². The van der Waals surface area contributed by atoms with Gasteiger partial charge in [-0.3, -0.25) is 4.98 Å². The van der Waals surface area contributed by atoms with Crippen molar-refractivity contribution < 1.29 is 4.74 Å². The molecule has 1 saturated heterocycles. The van der Waals surface area contributed by atoms with E-state index in [-0.39, 0.29) is 5.60 Å². The third kappa shape index (κ3) is 3.21. The van der Waals surface area contributed by atoms with Gasteiger partial charge in [-0.25, -0.2) is 0 Å². The van der Waals surface area contributed by atoms with Crippen molar-refractivity contribution >= 4 is 0 Å². The smallest absolute Gasteiger partial charge is 0.0708 e. The third-order valence-electron chi connectivity index (χ3n) is 4.89. The summed E-state index contributed by atoms with van der Waals surface area (Å²) >= 11 is 0. The van der Waals surface area contributed by atoms with Gasteiger partial charge < -0.3 is 10.1 Å². The quantitative estimate of drug-likeness (QED) is 0.910. The normalized spacial score (nSPS) is 26.8. The summed E-state index contributed by atoms with van der Waals surface area (Å²) in [6.07, 6.45) is 11.4. The molecule has 110 valence electrons. The van der Waals surface area contributed by atoms with Crippen molar-refractivity contribution in [3.8, 4) is 0 Å². The summed E-state index contributed by atoms with van der Waals surface area (Å²) < 4.78 is 6.39. The van der Waals surface area contributed by atoms with E-state index in [0.717, 1.165) is 12.2 Å². The Kier molecular flexibility index (Phi) is 4.37. The van der Waals surface area contributed by atoms with E-state index in [0.29, 0.717) is 12.1 Å². The molecule has 1 aliphatic heterocycles. The van der Waals surface area contributed by atoms with E-state index in [1.165, 1.54) is 44.9 Å². The molecule has 20 heavy (non-hydrogen) atoms. The zero-order valence-electron chi connectivity index (χ0n) is 12.5. The zero-order chi connectivity index (χ0) is 13.8. The van der Waals surface area contributed by atoms with Gasteiger partial charge in [0.1, 0.15) is 0 Å². The molecule has 1 saturated carbocycles. The van der Waals surface area contributed by atoms with Crippen LogP contribution < -0.4 is 5.32 Å². The molecule has 0 bridgehead atoms. The number of hydrogen-bond acceptors (Lipinski definition) is 3. The molecule has 0 aromatic carbocycles. The van der Waals surface area contributed by atoms with Crippen LogP contribution in [0.3, 0.4) is 0 Å². The Morgan fingerprint density at radius 1 is 1.30 bits per heavy atom. The van der Waals surface area contributed by atoms with Gasteiger partial charge in [0.2, 0.25) is 0 Å². The SMILES string of the molecule is C[C@@H](NCC1CCC2(CCCCC2)O1)c1ccccn1. The van der Waals surface area contributed by atoms with Crippen molar-refractivity contribution in [2.45, 2.75) is 69.6 Å². The maximum Gasteiger partial charge on any atom is 0.0708 e. The number of aromatic nitrogens is 1. The fourth-order valence-electron chi connectivity index (χ4n) is 3.65. The van der Waals surface area contributed by atoms with Gasteiger partial charge >= 0.3 is 0 Å². The lowest BCUT2D eigenvalue weighted by Gasteiger charge is -2.33. The number of nitrogens with one attached hydrogen (secondary N) is 1. The highest BCUT2D eigenvalue weighted by atomic mass is 16.5. The van der Waals surface area contributed by atoms with Crippen LogP contribution in [-0.4, -0.2) is 23.2 Å². The highest BCUT2D eigenvalue weighted by molar-refractivity contribution is 5.07. The molecule has 2 aliphatic rings. The maximum absolute atomic E-state index is 6.39. The molecule has 2 heterocycles. The summed E-state index contributed by atoms with van der Waals surface area (Å²) in [7, 11) is 0. The Balaban J connectivity index is 1.48. The molecule has 0 radical (unpaired) electrons. The predicted molar refractivity (Wildman–Crippen MR) is 80.6 cm³/mol. The summed E-state index contributed by atoms with van der Waals surface area (Å²) in [5, 5.41) is 3.58. The molecule has 1 N–H and O–H groups in total. The second-order valence-electron chi connectivity index (χ2n) is 6.41. The number of rotatable bonds is 4. The first-order valence-corrected chi connectivity index (χ1v) is 8.10. The molecular formula is C17H26N2O. The van der Waals surface area contributed by atoms with Crippen LogP contribution in [0.2, 0.25) is 0 Å². The predicted octanol–water partition coefficient (Wildman–Crippen LogP) is 3.61. The lowest BCUT2D eigenvalue weighted by Crippen LogP contribution is -2.35. The summed E-state index contributed by atoms with van der Waals surface area (Å²) in [4.78, 5) is 4.40. The van der Waals surface area contributed by atoms with Gasteiger partial charge in [-0.05, 0) is 44.7 Å². The van der Waals surface area contributed by atoms with E-state index < -0.39 is 0 Å². The van der Waals surface area contributed by atoms with E-state index in [1.807, 2.05) is 18.3 Å². The van der Waals surface area contributed by atoms with Crippen LogP contribution in [0, 0.1) is 0 Å². The molecule has 1 spiro atoms. The average molecular weight is 274 g/mol. The van der Waals surface area contributed by atoms with E-state index in [4.69, 9.17) is 4.74 Å². The van der Waals surface area contributed by atoms with Crippen LogP contribution >= 0.6 is 0 Å². The van der Waals surface area contributed by atoms with Gasteiger partial charge in [0.05, 0.1) is 17.4 Å². The van der Waals surface area contributed by atoms with Gasteiger partial charge in [-0.2, -0.15) is 0 Å². The second-order valence-corrected chi connectivity index (χ2v) is 6.41. The van der Waals surface area contributed by atoms with Crippen molar-refractivity contribution in [1.29, 1.82) is 0 Å². The zero-order valence-corrected chi connectivity index (χ0v) is 12.5. The van der Waals surface area contributed by atoms with Gasteiger partial charge in [0.15, 0.2) is 0 Å². The van der Waals surface area contributed by atoms with Crippen LogP contribution in [0.4, 0.5) is 0 Å². The largest absolute Gasteiger partial charge is 0.370 e. The highest BCUT2D eigenvalue weighted by Crippen LogP contribution is 2.41. The third-order valence-corrected chi connectivity index (χ3v) is 4.89. The highest BCUT2D eigenvalue weighted by Gasteiger charge is 2.40. The molecular weight excluding hydrogens is 248 g/mol. The van der Waals surface area contributed by atoms with Crippen LogP contribution in [0.25, 0.3) is 0 Å². The minimum atomic E-state index is 0.235. The lowest BCUT2D eigenvalue weighted by atomic mass is 9.83. The first-order chi connectivity index (χ1) is 9.77. The molecule has 2 atom stereocenters. The molecule has 2 fully saturated rings. The van der Waals surface area contributed by atoms with E-state index >= 15 is 0 Å².